The summed E-state index contributed by atoms with van der Waals surface area (Å²) in [5, 5.41) is 20.7. The van der Waals surface area contributed by atoms with Crippen LogP contribution < -0.4 is 16.0 Å². The van der Waals surface area contributed by atoms with Crippen molar-refractivity contribution in [1.82, 2.24) is 4.98 Å². The van der Waals surface area contributed by atoms with Crippen molar-refractivity contribution in [1.29, 1.82) is 0 Å². The minimum Gasteiger partial charge on any atom is -0.390 e. The fraction of sp³-hybridized carbons (Fsp3) is 0.250. The first kappa shape index (κ1) is 21.2. The van der Waals surface area contributed by atoms with Crippen molar-refractivity contribution < 1.29 is 9.90 Å². The zero-order chi connectivity index (χ0) is 22.0. The molecule has 0 fully saturated rings. The molecule has 2 heterocycles. The van der Waals surface area contributed by atoms with Gasteiger partial charge in [0.15, 0.2) is 0 Å². The molecule has 0 aliphatic carbocycles. The molecule has 0 radical (unpaired) electrons. The Balaban J connectivity index is 1.61. The molecule has 7 heteroatoms. The smallest absolute Gasteiger partial charge is 0.257 e. The molecule has 2 aromatic carbocycles. The van der Waals surface area contributed by atoms with Crippen LogP contribution >= 0.6 is 11.6 Å². The van der Waals surface area contributed by atoms with Crippen molar-refractivity contribution in [2.24, 2.45) is 0 Å². The van der Waals surface area contributed by atoms with E-state index in [0.717, 1.165) is 22.6 Å². The van der Waals surface area contributed by atoms with Crippen LogP contribution in [0.5, 0.6) is 0 Å². The molecule has 6 nitrogen and oxygen atoms in total. The number of aromatic nitrogens is 1. The van der Waals surface area contributed by atoms with Crippen molar-refractivity contribution in [2.45, 2.75) is 38.7 Å². The maximum absolute atomic E-state index is 12.8. The summed E-state index contributed by atoms with van der Waals surface area (Å²) in [7, 11) is 0. The van der Waals surface area contributed by atoms with Gasteiger partial charge in [0.1, 0.15) is 5.15 Å². The number of carbonyl (C=O) groups is 1. The maximum atomic E-state index is 12.8. The summed E-state index contributed by atoms with van der Waals surface area (Å²) in [6.07, 6.45) is 3.52. The van der Waals surface area contributed by atoms with Crippen LogP contribution in [-0.4, -0.2) is 21.6 Å². The lowest BCUT2D eigenvalue weighted by atomic mass is 9.89. The van der Waals surface area contributed by atoms with Crippen LogP contribution in [0.25, 0.3) is 0 Å². The lowest BCUT2D eigenvalue weighted by Gasteiger charge is -2.25. The number of nitrogens with zero attached hydrogens (tertiary/aromatic N) is 1. The highest BCUT2D eigenvalue weighted by Crippen LogP contribution is 2.35. The molecule has 0 saturated heterocycles. The highest BCUT2D eigenvalue weighted by molar-refractivity contribution is 6.29. The number of aliphatic hydroxyl groups is 1. The molecule has 4 N–H and O–H groups in total. The molecule has 4 rings (SSSR count). The van der Waals surface area contributed by atoms with Crippen LogP contribution in [0.2, 0.25) is 5.15 Å². The summed E-state index contributed by atoms with van der Waals surface area (Å²) in [4.78, 5) is 16.8. The third-order valence-corrected chi connectivity index (χ3v) is 5.94. The van der Waals surface area contributed by atoms with E-state index in [-0.39, 0.29) is 5.91 Å². The summed E-state index contributed by atoms with van der Waals surface area (Å²) in [6.45, 7) is 3.97. The van der Waals surface area contributed by atoms with Crippen LogP contribution in [0.1, 0.15) is 42.6 Å². The van der Waals surface area contributed by atoms with Gasteiger partial charge in [0.25, 0.3) is 5.91 Å². The molecule has 0 spiro atoms. The first-order valence-corrected chi connectivity index (χ1v) is 10.7. The fourth-order valence-corrected chi connectivity index (χ4v) is 3.87. The number of pyridine rings is 1. The van der Waals surface area contributed by atoms with E-state index < -0.39 is 5.60 Å². The summed E-state index contributed by atoms with van der Waals surface area (Å²) in [6, 6.07) is 14.9. The second-order valence-corrected chi connectivity index (χ2v) is 8.21. The minimum absolute atomic E-state index is 0.182. The van der Waals surface area contributed by atoms with E-state index in [1.807, 2.05) is 50.2 Å². The number of carbonyl (C=O) groups excluding carboxylic acids is 1. The Kier molecular flexibility index (Phi) is 5.85. The minimum atomic E-state index is -0.740. The van der Waals surface area contributed by atoms with Crippen LogP contribution in [-0.2, 0) is 6.42 Å². The van der Waals surface area contributed by atoms with Gasteiger partial charge in [-0.15, -0.1) is 0 Å². The highest BCUT2D eigenvalue weighted by atomic mass is 35.5. The van der Waals surface area contributed by atoms with E-state index in [1.54, 1.807) is 18.3 Å². The number of benzene rings is 2. The predicted molar refractivity (Wildman–Crippen MR) is 126 cm³/mol. The SMILES string of the molecule is CCC(O)(CC)Cc1ccc2c(c1)NC(=O)c1ccc(Nc3ccnc(Cl)c3)cc1N2. The molecule has 1 amide bonds. The van der Waals surface area contributed by atoms with Gasteiger partial charge >= 0.3 is 0 Å². The van der Waals surface area contributed by atoms with E-state index in [0.29, 0.717) is 41.4 Å². The van der Waals surface area contributed by atoms with Crippen LogP contribution in [0.4, 0.5) is 28.4 Å². The Hall–Kier alpha value is -3.09. The van der Waals surface area contributed by atoms with Crippen molar-refractivity contribution in [3.8, 4) is 0 Å². The van der Waals surface area contributed by atoms with Crippen molar-refractivity contribution in [3.63, 3.8) is 0 Å². The molecule has 0 unspecified atom stereocenters. The van der Waals surface area contributed by atoms with Gasteiger partial charge in [-0.25, -0.2) is 4.98 Å². The lowest BCUT2D eigenvalue weighted by Crippen LogP contribution is -2.29. The first-order valence-electron chi connectivity index (χ1n) is 10.4. The van der Waals surface area contributed by atoms with Crippen LogP contribution in [0.3, 0.4) is 0 Å². The topological polar surface area (TPSA) is 86.3 Å². The maximum Gasteiger partial charge on any atom is 0.257 e. The van der Waals surface area contributed by atoms with Crippen molar-refractivity contribution >= 4 is 45.9 Å². The highest BCUT2D eigenvalue weighted by Gasteiger charge is 2.24. The first-order chi connectivity index (χ1) is 14.9. The van der Waals surface area contributed by atoms with E-state index in [4.69, 9.17) is 11.6 Å². The number of amides is 1. The quantitative estimate of drug-likeness (QED) is 0.362. The number of fused-ring (bicyclic) bond motifs is 2. The largest absolute Gasteiger partial charge is 0.390 e. The molecule has 0 atom stereocenters. The Morgan fingerprint density at radius 2 is 1.74 bits per heavy atom. The Bertz CT molecular complexity index is 1130. The van der Waals surface area contributed by atoms with Gasteiger partial charge in [0.2, 0.25) is 0 Å². The van der Waals surface area contributed by atoms with Gasteiger partial charge in [0.05, 0.1) is 28.2 Å². The lowest BCUT2D eigenvalue weighted by molar-refractivity contribution is 0.0327. The number of nitrogens with one attached hydrogen (secondary N) is 3. The molecule has 1 aliphatic rings. The van der Waals surface area contributed by atoms with Crippen molar-refractivity contribution in [3.05, 3.63) is 71.0 Å². The Labute approximate surface area is 186 Å². The number of halogens is 1. The summed E-state index contributed by atoms with van der Waals surface area (Å²) in [5.41, 5.74) is 4.62. The summed E-state index contributed by atoms with van der Waals surface area (Å²) in [5.74, 6) is -0.182. The Morgan fingerprint density at radius 1 is 0.968 bits per heavy atom. The number of rotatable bonds is 6. The van der Waals surface area contributed by atoms with Crippen LogP contribution in [0, 0.1) is 0 Å². The van der Waals surface area contributed by atoms with Crippen molar-refractivity contribution in [2.75, 3.05) is 16.0 Å². The van der Waals surface area contributed by atoms with E-state index >= 15 is 0 Å². The molecule has 0 bridgehead atoms. The molecule has 3 aromatic rings. The Morgan fingerprint density at radius 3 is 2.48 bits per heavy atom. The second kappa shape index (κ2) is 8.57. The zero-order valence-corrected chi connectivity index (χ0v) is 18.3. The third kappa shape index (κ3) is 4.65. The van der Waals surface area contributed by atoms with Gasteiger partial charge in [-0.2, -0.15) is 0 Å². The predicted octanol–water partition coefficient (Wildman–Crippen LogP) is 5.88. The van der Waals surface area contributed by atoms with E-state index in [9.17, 15) is 9.90 Å². The molecule has 0 saturated carbocycles. The molecule has 1 aromatic heterocycles. The molecular weight excluding hydrogens is 412 g/mol. The average molecular weight is 437 g/mol. The molecular formula is C24H25ClN4O2. The number of anilines is 5. The normalized spacial score (nSPS) is 12.8. The summed E-state index contributed by atoms with van der Waals surface area (Å²) >= 11 is 5.96. The third-order valence-electron chi connectivity index (χ3n) is 5.73. The zero-order valence-electron chi connectivity index (χ0n) is 17.5. The standard InChI is InChI=1S/C24H25ClN4O2/c1-3-24(31,4-2)14-15-5-8-19-21(11-15)29-23(30)18-7-6-16(12-20(18)28-19)27-17-9-10-26-22(25)13-17/h5-13,28,31H,3-4,14H2,1-2H3,(H,26,27)(H,29,30). The monoisotopic (exact) mass is 436 g/mol. The second-order valence-electron chi connectivity index (χ2n) is 7.82. The molecule has 1 aliphatic heterocycles. The number of hydrogen-bond donors (Lipinski definition) is 4. The van der Waals surface area contributed by atoms with E-state index in [2.05, 4.69) is 20.9 Å². The van der Waals surface area contributed by atoms with Gasteiger partial charge in [-0.05, 0) is 60.9 Å². The van der Waals surface area contributed by atoms with Gasteiger partial charge in [0, 0.05) is 24.0 Å². The van der Waals surface area contributed by atoms with Crippen LogP contribution in [0.15, 0.2) is 54.7 Å². The number of hydrogen-bond acceptors (Lipinski definition) is 5. The van der Waals surface area contributed by atoms with Gasteiger partial charge in [-0.3, -0.25) is 4.79 Å². The summed E-state index contributed by atoms with van der Waals surface area (Å²) < 4.78 is 0. The fourth-order valence-electron chi connectivity index (χ4n) is 3.70. The molecule has 160 valence electrons. The van der Waals surface area contributed by atoms with Gasteiger partial charge < -0.3 is 21.1 Å². The van der Waals surface area contributed by atoms with Gasteiger partial charge in [-0.1, -0.05) is 31.5 Å². The molecule has 31 heavy (non-hydrogen) atoms. The average Bonchev–Trinajstić information content (AvgIpc) is 2.88. The van der Waals surface area contributed by atoms with E-state index in [1.165, 1.54) is 0 Å².